The van der Waals surface area contributed by atoms with E-state index in [1.165, 1.54) is 238 Å². The minimum atomic E-state index is -0.925. The number of aliphatic hydroxyl groups is 3. The molecule has 0 saturated heterocycles. The lowest BCUT2D eigenvalue weighted by Gasteiger charge is -2.21. The van der Waals surface area contributed by atoms with Crippen molar-refractivity contribution in [2.45, 2.75) is 308 Å². The van der Waals surface area contributed by atoms with Gasteiger partial charge in [-0.05, 0) is 19.3 Å². The predicted octanol–water partition coefficient (Wildman–Crippen LogP) is 15.6. The number of nitrogens with one attached hydrogen (secondary N) is 1. The molecule has 0 aliphatic rings. The Balaban J connectivity index is 3.57. The van der Waals surface area contributed by atoms with Crippen LogP contribution in [0, 0.1) is 0 Å². The van der Waals surface area contributed by atoms with Gasteiger partial charge in [0.1, 0.15) is 0 Å². The van der Waals surface area contributed by atoms with Gasteiger partial charge in [0.15, 0.2) is 0 Å². The van der Waals surface area contributed by atoms with E-state index in [9.17, 15) is 20.1 Å². The summed E-state index contributed by atoms with van der Waals surface area (Å²) >= 11 is 0. The van der Waals surface area contributed by atoms with Crippen molar-refractivity contribution in [3.63, 3.8) is 0 Å². The van der Waals surface area contributed by atoms with Crippen LogP contribution in [0.4, 0.5) is 0 Å². The number of hydrogen-bond acceptors (Lipinski definition) is 4. The zero-order valence-electron chi connectivity index (χ0n) is 38.7. The van der Waals surface area contributed by atoms with Gasteiger partial charge >= 0.3 is 0 Å². The second-order valence-corrected chi connectivity index (χ2v) is 18.1. The number of carbonyl (C=O) groups is 1. The van der Waals surface area contributed by atoms with E-state index in [0.717, 1.165) is 25.7 Å². The van der Waals surface area contributed by atoms with Crippen molar-refractivity contribution in [2.24, 2.45) is 0 Å². The molecule has 0 saturated carbocycles. The van der Waals surface area contributed by atoms with Gasteiger partial charge in [0.2, 0.25) is 5.91 Å². The Labute approximate surface area is 357 Å². The van der Waals surface area contributed by atoms with Gasteiger partial charge in [0.25, 0.3) is 0 Å². The molecule has 0 fully saturated rings. The molecule has 3 atom stereocenters. The van der Waals surface area contributed by atoms with Crippen molar-refractivity contribution < 1.29 is 20.1 Å². The molecule has 340 valence electrons. The highest BCUT2D eigenvalue weighted by atomic mass is 16.3. The van der Waals surface area contributed by atoms with Crippen molar-refractivity contribution in [3.05, 3.63) is 12.2 Å². The molecule has 5 nitrogen and oxygen atoms in total. The van der Waals surface area contributed by atoms with Gasteiger partial charge in [-0.3, -0.25) is 4.79 Å². The summed E-state index contributed by atoms with van der Waals surface area (Å²) in [5, 5.41) is 33.4. The highest BCUT2D eigenvalue weighted by Gasteiger charge is 2.20. The molecule has 0 aromatic carbocycles. The largest absolute Gasteiger partial charge is 0.394 e. The summed E-state index contributed by atoms with van der Waals surface area (Å²) < 4.78 is 0. The van der Waals surface area contributed by atoms with Crippen LogP contribution in [-0.2, 0) is 4.79 Å². The Morgan fingerprint density at radius 1 is 0.439 bits per heavy atom. The lowest BCUT2D eigenvalue weighted by atomic mass is 10.0. The molecule has 0 heterocycles. The topological polar surface area (TPSA) is 89.8 Å². The summed E-state index contributed by atoms with van der Waals surface area (Å²) in [5.41, 5.74) is 0. The van der Waals surface area contributed by atoms with Crippen LogP contribution in [0.25, 0.3) is 0 Å². The maximum atomic E-state index is 12.5. The molecule has 0 aromatic rings. The monoisotopic (exact) mass is 806 g/mol. The number of allylic oxidation sites excluding steroid dienone is 1. The van der Waals surface area contributed by atoms with Crippen LogP contribution < -0.4 is 5.32 Å². The average molecular weight is 806 g/mol. The smallest absolute Gasteiger partial charge is 0.222 e. The minimum absolute atomic E-state index is 0.0193. The number of amides is 1. The first-order valence-corrected chi connectivity index (χ1v) is 26.0. The molecular formula is C52H103NO4. The maximum absolute atomic E-state index is 12.5. The van der Waals surface area contributed by atoms with E-state index in [1.807, 2.05) is 6.08 Å². The zero-order valence-corrected chi connectivity index (χ0v) is 38.7. The highest BCUT2D eigenvalue weighted by molar-refractivity contribution is 5.76. The van der Waals surface area contributed by atoms with Crippen LogP contribution in [0.15, 0.2) is 12.2 Å². The van der Waals surface area contributed by atoms with Gasteiger partial charge in [-0.25, -0.2) is 0 Å². The van der Waals surface area contributed by atoms with Crippen molar-refractivity contribution in [2.75, 3.05) is 6.61 Å². The number of rotatable bonds is 48. The van der Waals surface area contributed by atoms with Crippen LogP contribution >= 0.6 is 0 Å². The Kier molecular flexibility index (Phi) is 47.0. The molecule has 0 rings (SSSR count). The van der Waals surface area contributed by atoms with Gasteiger partial charge in [0, 0.05) is 0 Å². The van der Waals surface area contributed by atoms with Crippen LogP contribution in [0.3, 0.4) is 0 Å². The lowest BCUT2D eigenvalue weighted by Crippen LogP contribution is -2.45. The summed E-state index contributed by atoms with van der Waals surface area (Å²) in [4.78, 5) is 12.5. The Hall–Kier alpha value is -0.910. The van der Waals surface area contributed by atoms with Crippen LogP contribution in [0.1, 0.15) is 290 Å². The average Bonchev–Trinajstić information content (AvgIpc) is 3.20. The summed E-state index contributed by atoms with van der Waals surface area (Å²) in [6, 6.07) is -0.740. The fraction of sp³-hybridized carbons (Fsp3) is 0.942. The molecule has 0 radical (unpaired) electrons. The third kappa shape index (κ3) is 44.5. The lowest BCUT2D eigenvalue weighted by molar-refractivity contribution is -0.124. The van der Waals surface area contributed by atoms with Crippen LogP contribution in [-0.4, -0.2) is 46.1 Å². The molecule has 4 N–H and O–H groups in total. The van der Waals surface area contributed by atoms with Gasteiger partial charge in [0.05, 0.1) is 31.3 Å². The molecule has 57 heavy (non-hydrogen) atoms. The summed E-state index contributed by atoms with van der Waals surface area (Å²) in [6.07, 6.45) is 58.1. The second kappa shape index (κ2) is 47.8. The fourth-order valence-corrected chi connectivity index (χ4v) is 8.34. The predicted molar refractivity (Wildman–Crippen MR) is 250 cm³/mol. The first-order valence-electron chi connectivity index (χ1n) is 26.0. The van der Waals surface area contributed by atoms with Crippen molar-refractivity contribution in [3.8, 4) is 0 Å². The number of carbonyl (C=O) groups excluding carboxylic acids is 1. The number of hydrogen-bond donors (Lipinski definition) is 4. The SMILES string of the molecule is CCCCCCCCCCCCCCCCCCCCC/C=C/C(O)C(CO)NC(=O)CC(O)CCCCCCCCCCCCCCCCCCCCCCC. The Morgan fingerprint density at radius 3 is 1.02 bits per heavy atom. The normalized spacial score (nSPS) is 13.4. The van der Waals surface area contributed by atoms with Crippen molar-refractivity contribution in [1.82, 2.24) is 5.32 Å². The van der Waals surface area contributed by atoms with E-state index in [0.29, 0.717) is 6.42 Å². The van der Waals surface area contributed by atoms with Crippen LogP contribution in [0.2, 0.25) is 0 Å². The third-order valence-electron chi connectivity index (χ3n) is 12.3. The molecule has 1 amide bonds. The molecule has 0 aliphatic carbocycles. The number of unbranched alkanes of at least 4 members (excludes halogenated alkanes) is 39. The Bertz CT molecular complexity index is 803. The molecule has 0 spiro atoms. The highest BCUT2D eigenvalue weighted by Crippen LogP contribution is 2.17. The van der Waals surface area contributed by atoms with E-state index in [2.05, 4.69) is 19.2 Å². The van der Waals surface area contributed by atoms with Gasteiger partial charge < -0.3 is 20.6 Å². The summed E-state index contributed by atoms with van der Waals surface area (Å²) in [6.45, 7) is 4.25. The van der Waals surface area contributed by atoms with E-state index in [1.54, 1.807) is 6.08 Å². The molecule has 0 bridgehead atoms. The molecular weight excluding hydrogens is 703 g/mol. The van der Waals surface area contributed by atoms with E-state index >= 15 is 0 Å². The standard InChI is InChI=1S/C52H103NO4/c1-3-5-7-9-11-13-15-17-19-21-23-25-27-29-31-33-35-37-39-41-43-45-49(55)47-52(57)53-50(48-54)51(56)46-44-42-40-38-36-34-32-30-28-26-24-22-20-18-16-14-12-10-8-6-4-2/h44,46,49-51,54-56H,3-43,45,47-48H2,1-2H3,(H,53,57)/b46-44+. The quantitative estimate of drug-likeness (QED) is 0.0364. The minimum Gasteiger partial charge on any atom is -0.394 e. The van der Waals surface area contributed by atoms with Crippen LogP contribution in [0.5, 0.6) is 0 Å². The van der Waals surface area contributed by atoms with Gasteiger partial charge in [-0.2, -0.15) is 0 Å². The zero-order chi connectivity index (χ0) is 41.5. The van der Waals surface area contributed by atoms with Crippen molar-refractivity contribution in [1.29, 1.82) is 0 Å². The fourth-order valence-electron chi connectivity index (χ4n) is 8.34. The van der Waals surface area contributed by atoms with E-state index in [-0.39, 0.29) is 18.9 Å². The molecule has 3 unspecified atom stereocenters. The van der Waals surface area contributed by atoms with Gasteiger partial charge in [-0.1, -0.05) is 276 Å². The van der Waals surface area contributed by atoms with E-state index in [4.69, 9.17) is 0 Å². The second-order valence-electron chi connectivity index (χ2n) is 18.1. The Morgan fingerprint density at radius 2 is 0.719 bits per heavy atom. The van der Waals surface area contributed by atoms with Gasteiger partial charge in [-0.15, -0.1) is 0 Å². The first-order chi connectivity index (χ1) is 28.0. The van der Waals surface area contributed by atoms with Crippen molar-refractivity contribution >= 4 is 5.91 Å². The summed E-state index contributed by atoms with van der Waals surface area (Å²) in [5.74, 6) is -0.309. The molecule has 0 aromatic heterocycles. The third-order valence-corrected chi connectivity index (χ3v) is 12.3. The molecule has 5 heteroatoms. The first kappa shape index (κ1) is 56.1. The summed E-state index contributed by atoms with van der Waals surface area (Å²) in [7, 11) is 0. The molecule has 0 aliphatic heterocycles. The maximum Gasteiger partial charge on any atom is 0.222 e. The van der Waals surface area contributed by atoms with E-state index < -0.39 is 18.2 Å². The number of aliphatic hydroxyl groups excluding tert-OH is 3.